The summed E-state index contributed by atoms with van der Waals surface area (Å²) in [5, 5.41) is 9.29. The molecule has 0 amide bonds. The van der Waals surface area contributed by atoms with Gasteiger partial charge in [-0.1, -0.05) is 6.58 Å². The van der Waals surface area contributed by atoms with Crippen molar-refractivity contribution in [2.24, 2.45) is 17.8 Å². The highest BCUT2D eigenvalue weighted by Gasteiger charge is 2.73. The first-order valence-electron chi connectivity index (χ1n) is 5.59. The van der Waals surface area contributed by atoms with E-state index in [-0.39, 0.29) is 23.7 Å². The highest BCUT2D eigenvalue weighted by Crippen LogP contribution is 2.61. The highest BCUT2D eigenvalue weighted by molar-refractivity contribution is 5.82. The summed E-state index contributed by atoms with van der Waals surface area (Å²) in [4.78, 5) is 22.9. The predicted octanol–water partition coefficient (Wildman–Crippen LogP) is 0.559. The van der Waals surface area contributed by atoms with Crippen molar-refractivity contribution in [1.29, 1.82) is 5.26 Å². The molecule has 0 N–H and O–H groups in total. The van der Waals surface area contributed by atoms with Crippen LogP contribution in [0, 0.1) is 29.1 Å². The Morgan fingerprint density at radius 3 is 3.06 bits per heavy atom. The van der Waals surface area contributed by atoms with E-state index in [1.54, 1.807) is 0 Å². The minimum atomic E-state index is -1.25. The van der Waals surface area contributed by atoms with Gasteiger partial charge in [-0.2, -0.15) is 5.26 Å². The van der Waals surface area contributed by atoms with Gasteiger partial charge in [0.05, 0.1) is 5.92 Å². The molecule has 1 heterocycles. The first kappa shape index (κ1) is 10.3. The quantitative estimate of drug-likeness (QED) is 0.514. The Morgan fingerprint density at radius 1 is 1.65 bits per heavy atom. The van der Waals surface area contributed by atoms with Crippen molar-refractivity contribution < 1.29 is 19.1 Å². The van der Waals surface area contributed by atoms with Crippen LogP contribution >= 0.6 is 0 Å². The van der Waals surface area contributed by atoms with Crippen molar-refractivity contribution in [3.8, 4) is 6.07 Å². The van der Waals surface area contributed by atoms with E-state index in [1.165, 1.54) is 0 Å². The van der Waals surface area contributed by atoms with Crippen molar-refractivity contribution in [1.82, 2.24) is 0 Å². The molecule has 1 saturated heterocycles. The van der Waals surface area contributed by atoms with Crippen LogP contribution in [-0.2, 0) is 19.1 Å². The molecule has 3 rings (SSSR count). The topological polar surface area (TPSA) is 76.4 Å². The summed E-state index contributed by atoms with van der Waals surface area (Å²) < 4.78 is 10.4. The first-order chi connectivity index (χ1) is 8.12. The molecule has 5 nitrogen and oxygen atoms in total. The molecule has 0 aromatic rings. The van der Waals surface area contributed by atoms with Gasteiger partial charge in [-0.05, 0) is 12.8 Å². The molecule has 5 unspecified atom stereocenters. The zero-order chi connectivity index (χ0) is 12.2. The summed E-state index contributed by atoms with van der Waals surface area (Å²) in [6.45, 7) is 3.32. The lowest BCUT2D eigenvalue weighted by atomic mass is 9.79. The summed E-state index contributed by atoms with van der Waals surface area (Å²) in [5.74, 6) is -1.14. The van der Waals surface area contributed by atoms with Gasteiger partial charge in [0.2, 0.25) is 5.60 Å². The van der Waals surface area contributed by atoms with Gasteiger partial charge in [0.25, 0.3) is 0 Å². The normalized spacial score (nSPS) is 45.2. The minimum absolute atomic E-state index is 0.0556. The maximum absolute atomic E-state index is 11.6. The second-order valence-electron chi connectivity index (χ2n) is 4.83. The van der Waals surface area contributed by atoms with Gasteiger partial charge in [-0.3, -0.25) is 4.79 Å². The second-order valence-corrected chi connectivity index (χ2v) is 4.83. The number of hydrogen-bond acceptors (Lipinski definition) is 5. The molecule has 0 spiro atoms. The van der Waals surface area contributed by atoms with Crippen molar-refractivity contribution in [2.75, 3.05) is 0 Å². The lowest BCUT2D eigenvalue weighted by Gasteiger charge is -2.31. The SMILES string of the molecule is C=CC(=O)OC1C2CC3C(=O)OC1(C#N)C3C2. The Kier molecular flexibility index (Phi) is 1.88. The number of fused-ring (bicyclic) bond motifs is 1. The molecule has 5 atom stereocenters. The number of hydrogen-bond donors (Lipinski definition) is 0. The number of esters is 2. The van der Waals surface area contributed by atoms with E-state index >= 15 is 0 Å². The molecule has 17 heavy (non-hydrogen) atoms. The van der Waals surface area contributed by atoms with Crippen LogP contribution in [0.5, 0.6) is 0 Å². The van der Waals surface area contributed by atoms with Crippen LogP contribution < -0.4 is 0 Å². The van der Waals surface area contributed by atoms with E-state index < -0.39 is 17.7 Å². The summed E-state index contributed by atoms with van der Waals surface area (Å²) in [7, 11) is 0. The Labute approximate surface area is 98.0 Å². The predicted molar refractivity (Wildman–Crippen MR) is 54.2 cm³/mol. The maximum Gasteiger partial charge on any atom is 0.330 e. The van der Waals surface area contributed by atoms with E-state index in [4.69, 9.17) is 9.47 Å². The fourth-order valence-corrected chi connectivity index (χ4v) is 3.52. The smallest absolute Gasteiger partial charge is 0.330 e. The molecule has 3 aliphatic rings. The Morgan fingerprint density at radius 2 is 2.41 bits per heavy atom. The summed E-state index contributed by atoms with van der Waals surface area (Å²) in [6.07, 6.45) is 1.80. The highest BCUT2D eigenvalue weighted by atomic mass is 16.6. The zero-order valence-corrected chi connectivity index (χ0v) is 9.09. The maximum atomic E-state index is 11.6. The van der Waals surface area contributed by atoms with E-state index in [0.717, 1.165) is 12.5 Å². The molecule has 88 valence electrons. The number of nitrogens with zero attached hydrogens (tertiary/aromatic N) is 1. The zero-order valence-electron chi connectivity index (χ0n) is 9.09. The van der Waals surface area contributed by atoms with Gasteiger partial charge < -0.3 is 9.47 Å². The lowest BCUT2D eigenvalue weighted by molar-refractivity contribution is -0.165. The van der Waals surface area contributed by atoms with Crippen molar-refractivity contribution >= 4 is 11.9 Å². The molecule has 0 radical (unpaired) electrons. The van der Waals surface area contributed by atoms with Crippen molar-refractivity contribution in [2.45, 2.75) is 24.5 Å². The fourth-order valence-electron chi connectivity index (χ4n) is 3.52. The van der Waals surface area contributed by atoms with Gasteiger partial charge >= 0.3 is 11.9 Å². The van der Waals surface area contributed by atoms with Gasteiger partial charge in [-0.25, -0.2) is 4.79 Å². The number of carbonyl (C=O) groups excluding carboxylic acids is 2. The average Bonchev–Trinajstić information content (AvgIpc) is 2.91. The third kappa shape index (κ3) is 1.08. The Hall–Kier alpha value is -1.83. The summed E-state index contributed by atoms with van der Waals surface area (Å²) >= 11 is 0. The minimum Gasteiger partial charge on any atom is -0.453 e. The molecular formula is C12H11NO4. The Balaban J connectivity index is 1.96. The molecule has 2 bridgehead atoms. The molecule has 2 saturated carbocycles. The van der Waals surface area contributed by atoms with Crippen LogP contribution in [0.15, 0.2) is 12.7 Å². The first-order valence-corrected chi connectivity index (χ1v) is 5.59. The molecule has 2 aliphatic carbocycles. The van der Waals surface area contributed by atoms with E-state index in [0.29, 0.717) is 6.42 Å². The number of nitriles is 1. The second kappa shape index (κ2) is 3.10. The van der Waals surface area contributed by atoms with Crippen LogP contribution in [0.3, 0.4) is 0 Å². The number of carbonyl (C=O) groups is 2. The lowest BCUT2D eigenvalue weighted by Crippen LogP contribution is -2.47. The van der Waals surface area contributed by atoms with Gasteiger partial charge in [0, 0.05) is 17.9 Å². The fraction of sp³-hybridized carbons (Fsp3) is 0.583. The standard InChI is InChI=1S/C12H11NO4/c1-2-9(14)16-10-6-3-7-8(4-6)12(10,5-13)17-11(7)15/h2,6-8,10H,1,3-4H2. The molecule has 0 aromatic heterocycles. The van der Waals surface area contributed by atoms with Crippen molar-refractivity contribution in [3.63, 3.8) is 0 Å². The van der Waals surface area contributed by atoms with E-state index in [2.05, 4.69) is 12.6 Å². The van der Waals surface area contributed by atoms with Crippen molar-refractivity contribution in [3.05, 3.63) is 12.7 Å². The number of rotatable bonds is 2. The van der Waals surface area contributed by atoms with Crippen LogP contribution in [0.4, 0.5) is 0 Å². The third-order valence-corrected chi connectivity index (χ3v) is 4.16. The van der Waals surface area contributed by atoms with Gasteiger partial charge in [0.15, 0.2) is 6.10 Å². The average molecular weight is 233 g/mol. The summed E-state index contributed by atoms with van der Waals surface area (Å²) in [5.41, 5.74) is -1.25. The van der Waals surface area contributed by atoms with Crippen LogP contribution in [0.2, 0.25) is 0 Å². The molecule has 5 heteroatoms. The molecule has 0 aromatic carbocycles. The monoisotopic (exact) mass is 233 g/mol. The largest absolute Gasteiger partial charge is 0.453 e. The van der Waals surface area contributed by atoms with E-state index in [1.807, 2.05) is 0 Å². The van der Waals surface area contributed by atoms with Crippen LogP contribution in [0.1, 0.15) is 12.8 Å². The van der Waals surface area contributed by atoms with Crippen LogP contribution in [-0.4, -0.2) is 23.6 Å². The third-order valence-electron chi connectivity index (χ3n) is 4.16. The molecular weight excluding hydrogens is 222 g/mol. The van der Waals surface area contributed by atoms with Gasteiger partial charge in [-0.15, -0.1) is 0 Å². The molecule has 3 fully saturated rings. The molecule has 1 aliphatic heterocycles. The van der Waals surface area contributed by atoms with Crippen LogP contribution in [0.25, 0.3) is 0 Å². The number of ether oxygens (including phenoxy) is 2. The van der Waals surface area contributed by atoms with E-state index in [9.17, 15) is 14.9 Å². The Bertz CT molecular complexity index is 466. The van der Waals surface area contributed by atoms with Gasteiger partial charge in [0.1, 0.15) is 6.07 Å². The summed E-state index contributed by atoms with van der Waals surface area (Å²) in [6, 6.07) is 2.06.